The molecule has 3 saturated carbocycles. The molecule has 1 heteroatoms. The van der Waals surface area contributed by atoms with Crippen LogP contribution in [0.25, 0.3) is 0 Å². The van der Waals surface area contributed by atoms with Gasteiger partial charge in [-0.1, -0.05) is 94.3 Å². The predicted molar refractivity (Wildman–Crippen MR) is 123 cm³/mol. The van der Waals surface area contributed by atoms with Crippen molar-refractivity contribution in [1.82, 2.24) is 0 Å². The Kier molecular flexibility index (Phi) is 5.87. The minimum absolute atomic E-state index is 0.110. The van der Waals surface area contributed by atoms with Gasteiger partial charge in [-0.15, -0.1) is 0 Å². The van der Waals surface area contributed by atoms with Crippen LogP contribution in [0.2, 0.25) is 0 Å². The minimum atomic E-state index is 0.110. The summed E-state index contributed by atoms with van der Waals surface area (Å²) in [4.78, 5) is 0. The van der Waals surface area contributed by atoms with E-state index >= 15 is 0 Å². The lowest BCUT2D eigenvalue weighted by Crippen LogP contribution is -2.26. The van der Waals surface area contributed by atoms with Gasteiger partial charge in [0.1, 0.15) is 0 Å². The summed E-state index contributed by atoms with van der Waals surface area (Å²) in [6, 6.07) is 23.2. The van der Waals surface area contributed by atoms with Crippen LogP contribution in [-0.4, -0.2) is 17.0 Å². The molecular weight excluding hydrogens is 355 g/mol. The topological polar surface area (TPSA) is 0 Å². The highest BCUT2D eigenvalue weighted by Crippen LogP contribution is 2.68. The Balaban J connectivity index is 1.48. The Hall–Kier alpha value is -1.13. The van der Waals surface area contributed by atoms with Crippen molar-refractivity contribution in [2.45, 2.75) is 93.0 Å². The summed E-state index contributed by atoms with van der Waals surface area (Å²) in [5.74, 6) is 1.68. The van der Waals surface area contributed by atoms with Crippen molar-refractivity contribution in [3.8, 4) is 0 Å². The third-order valence-electron chi connectivity index (χ3n) is 7.93. The zero-order chi connectivity index (χ0) is 18.8. The van der Waals surface area contributed by atoms with Crippen molar-refractivity contribution >= 4 is 7.92 Å². The molecule has 0 spiro atoms. The Bertz CT molecular complexity index is 676. The van der Waals surface area contributed by atoms with Crippen molar-refractivity contribution in [3.63, 3.8) is 0 Å². The molecule has 5 rings (SSSR count). The van der Waals surface area contributed by atoms with Crippen LogP contribution in [0.3, 0.4) is 0 Å². The lowest BCUT2D eigenvalue weighted by Gasteiger charge is -2.41. The van der Waals surface area contributed by atoms with E-state index in [-0.39, 0.29) is 7.92 Å². The van der Waals surface area contributed by atoms with Gasteiger partial charge < -0.3 is 0 Å². The van der Waals surface area contributed by atoms with E-state index in [0.717, 1.165) is 28.8 Å². The molecule has 2 aromatic carbocycles. The highest BCUT2D eigenvalue weighted by molar-refractivity contribution is 7.60. The Morgan fingerprint density at radius 1 is 0.500 bits per heavy atom. The summed E-state index contributed by atoms with van der Waals surface area (Å²) in [6.07, 6.45) is 14.8. The first-order valence-electron chi connectivity index (χ1n) is 11.8. The minimum Gasteiger partial charge on any atom is -0.0959 e. The van der Waals surface area contributed by atoms with Crippen molar-refractivity contribution < 1.29 is 0 Å². The van der Waals surface area contributed by atoms with E-state index < -0.39 is 0 Å². The highest BCUT2D eigenvalue weighted by Gasteiger charge is 2.46. The third-order valence-corrected chi connectivity index (χ3v) is 12.1. The smallest absolute Gasteiger partial charge is 0.00941 e. The highest BCUT2D eigenvalue weighted by atomic mass is 31.1. The largest absolute Gasteiger partial charge is 0.0959 e. The van der Waals surface area contributed by atoms with Gasteiger partial charge in [-0.2, -0.15) is 0 Å². The standard InChI is InChI=1S/C27H35P/c1-3-11-21(12-4-1)24-17-9-19-26(24)28(23-15-7-8-16-23)27-20-10-18-25(27)22-13-5-2-6-14-22/h1-6,11-14,23-27H,7-10,15-20H2/t24?,25?,26-,27-,28?/m0/s1. The van der Waals surface area contributed by atoms with Gasteiger partial charge in [0.15, 0.2) is 0 Å². The zero-order valence-corrected chi connectivity index (χ0v) is 18.1. The zero-order valence-electron chi connectivity index (χ0n) is 17.2. The summed E-state index contributed by atoms with van der Waals surface area (Å²) in [7, 11) is 0.110. The predicted octanol–water partition coefficient (Wildman–Crippen LogP) is 8.08. The van der Waals surface area contributed by atoms with Gasteiger partial charge in [-0.05, 0) is 78.5 Å². The molecule has 148 valence electrons. The molecule has 0 amide bonds. The van der Waals surface area contributed by atoms with Gasteiger partial charge in [0.05, 0.1) is 0 Å². The van der Waals surface area contributed by atoms with E-state index in [1.807, 2.05) is 0 Å². The van der Waals surface area contributed by atoms with E-state index in [1.165, 1.54) is 64.2 Å². The first-order chi connectivity index (χ1) is 13.9. The first-order valence-corrected chi connectivity index (χ1v) is 13.3. The number of rotatable bonds is 5. The number of benzene rings is 2. The maximum absolute atomic E-state index is 2.43. The van der Waals surface area contributed by atoms with E-state index in [9.17, 15) is 0 Å². The maximum Gasteiger partial charge on any atom is -0.00941 e. The molecule has 0 aromatic heterocycles. The molecule has 0 saturated heterocycles. The van der Waals surface area contributed by atoms with E-state index in [1.54, 1.807) is 11.1 Å². The third kappa shape index (κ3) is 3.70. The van der Waals surface area contributed by atoms with E-state index in [0.29, 0.717) is 0 Å². The van der Waals surface area contributed by atoms with Crippen LogP contribution in [0.4, 0.5) is 0 Å². The van der Waals surface area contributed by atoms with Crippen LogP contribution >= 0.6 is 7.92 Å². The normalized spacial score (nSPS) is 32.0. The second-order valence-corrected chi connectivity index (χ2v) is 12.4. The fourth-order valence-electron chi connectivity index (χ4n) is 6.76. The maximum atomic E-state index is 2.43. The van der Waals surface area contributed by atoms with Gasteiger partial charge in [0, 0.05) is 0 Å². The monoisotopic (exact) mass is 390 g/mol. The van der Waals surface area contributed by atoms with Crippen molar-refractivity contribution in [3.05, 3.63) is 71.8 Å². The molecule has 3 aliphatic rings. The molecule has 0 radical (unpaired) electrons. The van der Waals surface area contributed by atoms with Gasteiger partial charge in [-0.3, -0.25) is 0 Å². The molecule has 3 aliphatic carbocycles. The Morgan fingerprint density at radius 2 is 0.964 bits per heavy atom. The molecule has 28 heavy (non-hydrogen) atoms. The molecule has 0 N–H and O–H groups in total. The molecular formula is C27H35P. The second kappa shape index (κ2) is 8.71. The van der Waals surface area contributed by atoms with Gasteiger partial charge in [0.25, 0.3) is 0 Å². The Labute approximate surface area is 172 Å². The summed E-state index contributed by atoms with van der Waals surface area (Å²) in [5.41, 5.74) is 6.30. The van der Waals surface area contributed by atoms with E-state index in [4.69, 9.17) is 0 Å². The van der Waals surface area contributed by atoms with E-state index in [2.05, 4.69) is 60.7 Å². The van der Waals surface area contributed by atoms with Crippen molar-refractivity contribution in [2.75, 3.05) is 0 Å². The van der Waals surface area contributed by atoms with Crippen LogP contribution < -0.4 is 0 Å². The molecule has 0 bridgehead atoms. The quantitative estimate of drug-likeness (QED) is 0.453. The Morgan fingerprint density at radius 3 is 1.43 bits per heavy atom. The SMILES string of the molecule is c1ccc(C2CCC[C@@H]2P(C2CCCC2)[C@H]2CCCC2c2ccccc2)cc1. The molecule has 0 heterocycles. The van der Waals surface area contributed by atoms with Gasteiger partial charge in [-0.25, -0.2) is 0 Å². The van der Waals surface area contributed by atoms with Gasteiger partial charge >= 0.3 is 0 Å². The number of hydrogen-bond donors (Lipinski definition) is 0. The molecule has 2 aromatic rings. The summed E-state index contributed by atoms with van der Waals surface area (Å²) in [5, 5.41) is 0. The van der Waals surface area contributed by atoms with Crippen LogP contribution in [0.15, 0.2) is 60.7 Å². The molecule has 3 fully saturated rings. The van der Waals surface area contributed by atoms with Crippen LogP contribution in [-0.2, 0) is 0 Å². The first kappa shape index (κ1) is 18.9. The summed E-state index contributed by atoms with van der Waals surface area (Å²) < 4.78 is 0. The van der Waals surface area contributed by atoms with Crippen LogP contribution in [0, 0.1) is 0 Å². The molecule has 2 unspecified atom stereocenters. The fourth-order valence-corrected chi connectivity index (χ4v) is 11.7. The molecule has 0 nitrogen and oxygen atoms in total. The average molecular weight is 391 g/mol. The lowest BCUT2D eigenvalue weighted by molar-refractivity contribution is 0.676. The molecule has 0 aliphatic heterocycles. The van der Waals surface area contributed by atoms with Gasteiger partial charge in [0.2, 0.25) is 0 Å². The fraction of sp³-hybridized carbons (Fsp3) is 0.556. The van der Waals surface area contributed by atoms with Crippen LogP contribution in [0.5, 0.6) is 0 Å². The number of hydrogen-bond acceptors (Lipinski definition) is 0. The van der Waals surface area contributed by atoms with Crippen molar-refractivity contribution in [2.24, 2.45) is 0 Å². The lowest BCUT2D eigenvalue weighted by atomic mass is 9.97. The van der Waals surface area contributed by atoms with Crippen LogP contribution in [0.1, 0.15) is 87.2 Å². The molecule has 4 atom stereocenters. The summed E-state index contributed by atoms with van der Waals surface area (Å²) >= 11 is 0. The van der Waals surface area contributed by atoms with Crippen molar-refractivity contribution in [1.29, 1.82) is 0 Å². The second-order valence-electron chi connectivity index (χ2n) is 9.42. The average Bonchev–Trinajstić information content (AvgIpc) is 3.53. The summed E-state index contributed by atoms with van der Waals surface area (Å²) in [6.45, 7) is 0.